The maximum atomic E-state index is 11.9. The molecular formula is C13H19NO5S. The smallest absolute Gasteiger partial charge is 0.235 e. The monoisotopic (exact) mass is 301 g/mol. The lowest BCUT2D eigenvalue weighted by atomic mass is 10.0. The van der Waals surface area contributed by atoms with Crippen molar-refractivity contribution in [1.82, 2.24) is 0 Å². The van der Waals surface area contributed by atoms with Crippen LogP contribution in [0, 0.1) is 0 Å². The van der Waals surface area contributed by atoms with Gasteiger partial charge in [-0.2, -0.15) is 0 Å². The first-order valence-electron chi connectivity index (χ1n) is 6.53. The fourth-order valence-electron chi connectivity index (χ4n) is 2.31. The van der Waals surface area contributed by atoms with Crippen LogP contribution in [0.4, 0.5) is 5.69 Å². The molecule has 1 heterocycles. The van der Waals surface area contributed by atoms with Crippen LogP contribution in [-0.2, 0) is 10.0 Å². The standard InChI is InChI=1S/C13H19NO5S/c15-7-5-12(16)13(17)10-3-1-4-11(9-10)14-6-2-8-20(14,18)19/h1,3-4,9,12-13,15-17H,2,5-8H2. The molecule has 2 atom stereocenters. The Balaban J connectivity index is 2.24. The molecule has 20 heavy (non-hydrogen) atoms. The van der Waals surface area contributed by atoms with E-state index in [9.17, 15) is 18.6 Å². The SMILES string of the molecule is O=S1(=O)CCCN1c1cccc(C(O)C(O)CCO)c1. The van der Waals surface area contributed by atoms with Gasteiger partial charge in [-0.25, -0.2) is 8.42 Å². The lowest BCUT2D eigenvalue weighted by Crippen LogP contribution is -2.25. The number of hydrogen-bond acceptors (Lipinski definition) is 5. The van der Waals surface area contributed by atoms with Gasteiger partial charge in [-0.3, -0.25) is 4.31 Å². The second-order valence-electron chi connectivity index (χ2n) is 4.86. The summed E-state index contributed by atoms with van der Waals surface area (Å²) in [5, 5.41) is 28.4. The lowest BCUT2D eigenvalue weighted by Gasteiger charge is -2.21. The molecular weight excluding hydrogens is 282 g/mol. The number of anilines is 1. The number of sulfonamides is 1. The van der Waals surface area contributed by atoms with Gasteiger partial charge in [-0.1, -0.05) is 12.1 Å². The Bertz CT molecular complexity index is 560. The van der Waals surface area contributed by atoms with Crippen molar-refractivity contribution in [3.63, 3.8) is 0 Å². The molecule has 7 heteroatoms. The van der Waals surface area contributed by atoms with E-state index in [4.69, 9.17) is 5.11 Å². The molecule has 1 fully saturated rings. The minimum atomic E-state index is -3.26. The number of hydrogen-bond donors (Lipinski definition) is 3. The van der Waals surface area contributed by atoms with Gasteiger partial charge in [0.25, 0.3) is 0 Å². The van der Waals surface area contributed by atoms with E-state index in [-0.39, 0.29) is 18.8 Å². The van der Waals surface area contributed by atoms with E-state index in [0.29, 0.717) is 24.2 Å². The molecule has 0 aliphatic carbocycles. The van der Waals surface area contributed by atoms with Crippen molar-refractivity contribution in [2.45, 2.75) is 25.0 Å². The fraction of sp³-hybridized carbons (Fsp3) is 0.538. The Morgan fingerprint density at radius 1 is 1.30 bits per heavy atom. The topological polar surface area (TPSA) is 98.1 Å². The third-order valence-corrected chi connectivity index (χ3v) is 5.26. The van der Waals surface area contributed by atoms with Crippen molar-refractivity contribution in [2.75, 3.05) is 23.2 Å². The van der Waals surface area contributed by atoms with Gasteiger partial charge < -0.3 is 15.3 Å². The third kappa shape index (κ3) is 3.12. The minimum Gasteiger partial charge on any atom is -0.396 e. The Kier molecular flexibility index (Phi) is 4.64. The quantitative estimate of drug-likeness (QED) is 0.711. The molecule has 112 valence electrons. The van der Waals surface area contributed by atoms with E-state index in [2.05, 4.69) is 0 Å². The van der Waals surface area contributed by atoms with E-state index in [1.54, 1.807) is 24.3 Å². The number of aliphatic hydroxyl groups is 3. The van der Waals surface area contributed by atoms with Crippen LogP contribution in [0.2, 0.25) is 0 Å². The van der Waals surface area contributed by atoms with Crippen molar-refractivity contribution in [1.29, 1.82) is 0 Å². The second-order valence-corrected chi connectivity index (χ2v) is 6.87. The van der Waals surface area contributed by atoms with Crippen molar-refractivity contribution < 1.29 is 23.7 Å². The highest BCUT2D eigenvalue weighted by atomic mass is 32.2. The first kappa shape index (κ1) is 15.2. The molecule has 1 aliphatic heterocycles. The molecule has 0 radical (unpaired) electrons. The summed E-state index contributed by atoms with van der Waals surface area (Å²) < 4.78 is 25.0. The molecule has 0 spiro atoms. The van der Waals surface area contributed by atoms with Crippen molar-refractivity contribution in [3.8, 4) is 0 Å². The highest BCUT2D eigenvalue weighted by molar-refractivity contribution is 7.93. The first-order chi connectivity index (χ1) is 9.45. The summed E-state index contributed by atoms with van der Waals surface area (Å²) in [6.45, 7) is 0.208. The lowest BCUT2D eigenvalue weighted by molar-refractivity contribution is 0.00424. The van der Waals surface area contributed by atoms with Crippen molar-refractivity contribution >= 4 is 15.7 Å². The largest absolute Gasteiger partial charge is 0.396 e. The van der Waals surface area contributed by atoms with Gasteiger partial charge >= 0.3 is 0 Å². The van der Waals surface area contributed by atoms with E-state index < -0.39 is 22.2 Å². The fourth-order valence-corrected chi connectivity index (χ4v) is 3.86. The zero-order valence-corrected chi connectivity index (χ0v) is 11.8. The number of nitrogens with zero attached hydrogens (tertiary/aromatic N) is 1. The molecule has 0 bridgehead atoms. The number of benzene rings is 1. The minimum absolute atomic E-state index is 0.0629. The molecule has 3 N–H and O–H groups in total. The molecule has 0 amide bonds. The van der Waals surface area contributed by atoms with Gasteiger partial charge in [0.05, 0.1) is 17.5 Å². The van der Waals surface area contributed by atoms with Gasteiger partial charge in [-0.15, -0.1) is 0 Å². The maximum absolute atomic E-state index is 11.9. The van der Waals surface area contributed by atoms with Gasteiger partial charge in [0, 0.05) is 13.2 Å². The number of aliphatic hydroxyl groups excluding tert-OH is 3. The summed E-state index contributed by atoms with van der Waals surface area (Å²) in [6.07, 6.45) is -1.58. The Morgan fingerprint density at radius 3 is 2.65 bits per heavy atom. The van der Waals surface area contributed by atoms with Gasteiger partial charge in [0.2, 0.25) is 10.0 Å². The summed E-state index contributed by atoms with van der Waals surface area (Å²) >= 11 is 0. The molecule has 0 saturated carbocycles. The van der Waals surface area contributed by atoms with Crippen LogP contribution in [0.15, 0.2) is 24.3 Å². The van der Waals surface area contributed by atoms with Gasteiger partial charge in [0.15, 0.2) is 0 Å². The highest BCUT2D eigenvalue weighted by Crippen LogP contribution is 2.28. The predicted octanol–water partition coefficient (Wildman–Crippen LogP) is 0.00320. The maximum Gasteiger partial charge on any atom is 0.235 e. The second kappa shape index (κ2) is 6.09. The molecule has 1 saturated heterocycles. The van der Waals surface area contributed by atoms with Crippen LogP contribution < -0.4 is 4.31 Å². The zero-order valence-electron chi connectivity index (χ0n) is 11.0. The Morgan fingerprint density at radius 2 is 2.05 bits per heavy atom. The summed E-state index contributed by atoms with van der Waals surface area (Å²) in [6, 6.07) is 6.50. The third-order valence-electron chi connectivity index (χ3n) is 3.39. The van der Waals surface area contributed by atoms with Crippen LogP contribution in [-0.4, -0.2) is 48.7 Å². The van der Waals surface area contributed by atoms with E-state index in [1.807, 2.05) is 0 Å². The van der Waals surface area contributed by atoms with E-state index >= 15 is 0 Å². The molecule has 1 aromatic carbocycles. The average molecular weight is 301 g/mol. The molecule has 2 unspecified atom stereocenters. The van der Waals surface area contributed by atoms with Crippen molar-refractivity contribution in [2.24, 2.45) is 0 Å². The summed E-state index contributed by atoms with van der Waals surface area (Å²) in [5.41, 5.74) is 0.931. The average Bonchev–Trinajstić information content (AvgIpc) is 2.78. The predicted molar refractivity (Wildman–Crippen MR) is 74.9 cm³/mol. The molecule has 0 aromatic heterocycles. The number of rotatable bonds is 5. The Hall–Kier alpha value is -1.15. The first-order valence-corrected chi connectivity index (χ1v) is 8.14. The molecule has 2 rings (SSSR count). The Labute approximate surface area is 118 Å². The van der Waals surface area contributed by atoms with Crippen LogP contribution in [0.25, 0.3) is 0 Å². The van der Waals surface area contributed by atoms with E-state index in [1.165, 1.54) is 4.31 Å². The zero-order chi connectivity index (χ0) is 14.8. The van der Waals surface area contributed by atoms with E-state index in [0.717, 1.165) is 0 Å². The van der Waals surface area contributed by atoms with Gasteiger partial charge in [-0.05, 0) is 30.5 Å². The summed E-state index contributed by atoms with van der Waals surface area (Å²) in [5.74, 6) is 0.132. The normalized spacial score (nSPS) is 20.9. The highest BCUT2D eigenvalue weighted by Gasteiger charge is 2.29. The van der Waals surface area contributed by atoms with Crippen LogP contribution in [0.1, 0.15) is 24.5 Å². The molecule has 1 aromatic rings. The van der Waals surface area contributed by atoms with Crippen molar-refractivity contribution in [3.05, 3.63) is 29.8 Å². The summed E-state index contributed by atoms with van der Waals surface area (Å²) in [4.78, 5) is 0. The van der Waals surface area contributed by atoms with Crippen LogP contribution in [0.3, 0.4) is 0 Å². The molecule has 1 aliphatic rings. The summed E-state index contributed by atoms with van der Waals surface area (Å²) in [7, 11) is -3.26. The molecule has 6 nitrogen and oxygen atoms in total. The van der Waals surface area contributed by atoms with Crippen LogP contribution >= 0.6 is 0 Å². The van der Waals surface area contributed by atoms with Crippen LogP contribution in [0.5, 0.6) is 0 Å². The van der Waals surface area contributed by atoms with Gasteiger partial charge in [0.1, 0.15) is 6.10 Å².